The minimum atomic E-state index is -1.45. The summed E-state index contributed by atoms with van der Waals surface area (Å²) in [6, 6.07) is -3.86. The number of carboxylic acid groups (broad SMARTS) is 1. The second-order valence-electron chi connectivity index (χ2n) is 6.46. The molecule has 1 aliphatic rings. The number of nitrogens with two attached hydrogens (primary N) is 2. The molecule has 2 amide bonds. The molecular weight excluding hydrogens is 306 g/mol. The third-order valence-corrected chi connectivity index (χ3v) is 5.05. The van der Waals surface area contributed by atoms with Crippen molar-refractivity contribution < 1.29 is 20.9 Å². The van der Waals surface area contributed by atoms with E-state index < -0.39 is 51.8 Å². The Labute approximate surface area is 136 Å². The van der Waals surface area contributed by atoms with Crippen LogP contribution in [-0.2, 0) is 14.4 Å². The second kappa shape index (κ2) is 6.08. The van der Waals surface area contributed by atoms with Crippen LogP contribution in [0.2, 0.25) is 0 Å². The molecule has 1 heterocycles. The number of hydrogen-bond acceptors (Lipinski definition) is 5. The quantitative estimate of drug-likeness (QED) is 0.636. The van der Waals surface area contributed by atoms with Gasteiger partial charge in [0.1, 0.15) is 6.04 Å². The molecule has 126 valence electrons. The van der Waals surface area contributed by atoms with E-state index in [2.05, 4.69) is 0 Å². The van der Waals surface area contributed by atoms with Crippen molar-refractivity contribution in [1.29, 1.82) is 0 Å². The van der Waals surface area contributed by atoms with Crippen LogP contribution in [0.1, 0.15) is 42.4 Å². The molecule has 5 N–H and O–H groups in total. The van der Waals surface area contributed by atoms with Gasteiger partial charge < -0.3 is 21.5 Å². The first-order valence-electron chi connectivity index (χ1n) is 7.49. The van der Waals surface area contributed by atoms with E-state index in [-0.39, 0.29) is 0 Å². The molecule has 0 saturated carbocycles. The number of carbonyl (C=O) groups excluding carboxylic acids is 2. The maximum Gasteiger partial charge on any atom is 0.305 e. The highest BCUT2D eigenvalue weighted by Crippen LogP contribution is 2.57. The fraction of sp³-hybridized carbons (Fsp3) is 0.786. The number of amides is 2. The summed E-state index contributed by atoms with van der Waals surface area (Å²) in [5, 5.41) is 8.85. The summed E-state index contributed by atoms with van der Waals surface area (Å²) in [4.78, 5) is 36.3. The molecule has 0 bridgehead atoms. The van der Waals surface area contributed by atoms with Crippen LogP contribution in [-0.4, -0.2) is 55.4 Å². The number of carbonyl (C=O) groups is 3. The molecule has 0 aromatic rings. The molecule has 0 spiro atoms. The van der Waals surface area contributed by atoms with Gasteiger partial charge in [0, 0.05) is 9.49 Å². The van der Waals surface area contributed by atoms with Gasteiger partial charge in [0.15, 0.2) is 0 Å². The molecular formula is C14H25N3O4S. The fourth-order valence-corrected chi connectivity index (χ4v) is 5.09. The monoisotopic (exact) mass is 332 g/mol. The molecule has 2 atom stereocenters. The Hall–Kier alpha value is -1.28. The molecule has 1 rings (SSSR count). The summed E-state index contributed by atoms with van der Waals surface area (Å²) < 4.78 is 7.59. The van der Waals surface area contributed by atoms with E-state index in [0.717, 1.165) is 4.90 Å². The summed E-state index contributed by atoms with van der Waals surface area (Å²) >= 11 is 1.50. The summed E-state index contributed by atoms with van der Waals surface area (Å²) in [5.41, 5.74) is 11.0. The number of thioether (sulfide) groups is 1. The lowest BCUT2D eigenvalue weighted by molar-refractivity contribution is -0.147. The van der Waals surface area contributed by atoms with Gasteiger partial charge in [-0.25, -0.2) is 0 Å². The topological polar surface area (TPSA) is 127 Å². The third kappa shape index (κ3) is 3.55. The zero-order valence-corrected chi connectivity index (χ0v) is 14.4. The first kappa shape index (κ1) is 17.1. The molecule has 1 saturated heterocycles. The standard InChI is InChI=1S/C14H25N3O4S/c1-7(10(16)20)17(11(21)8(15)6-9(18)19)12-13(2,3)22-14(12,4)5/h7-8,12H,6,15H2,1-5H3,(H2,16,20)(H,18,19)/t7-,8-/m0/s1/i12D. The van der Waals surface area contributed by atoms with Crippen LogP contribution in [0.4, 0.5) is 0 Å². The molecule has 0 aromatic heterocycles. The Morgan fingerprint density at radius 1 is 1.32 bits per heavy atom. The van der Waals surface area contributed by atoms with Crippen LogP contribution in [0.25, 0.3) is 0 Å². The van der Waals surface area contributed by atoms with Crippen molar-refractivity contribution in [1.82, 2.24) is 4.90 Å². The summed E-state index contributed by atoms with van der Waals surface area (Å²) in [6.07, 6.45) is -0.578. The zero-order chi connectivity index (χ0) is 18.4. The van der Waals surface area contributed by atoms with Gasteiger partial charge >= 0.3 is 5.97 Å². The van der Waals surface area contributed by atoms with Gasteiger partial charge in [0.2, 0.25) is 11.8 Å². The van der Waals surface area contributed by atoms with E-state index in [0.29, 0.717) is 0 Å². The van der Waals surface area contributed by atoms with Gasteiger partial charge in [-0.1, -0.05) is 0 Å². The highest BCUT2D eigenvalue weighted by molar-refractivity contribution is 8.03. The van der Waals surface area contributed by atoms with Crippen molar-refractivity contribution in [3.05, 3.63) is 0 Å². The highest BCUT2D eigenvalue weighted by atomic mass is 32.2. The van der Waals surface area contributed by atoms with Crippen LogP contribution >= 0.6 is 11.8 Å². The summed E-state index contributed by atoms with van der Waals surface area (Å²) in [5.74, 6) is -2.75. The molecule has 0 aliphatic carbocycles. The average Bonchev–Trinajstić information content (AvgIpc) is 2.35. The number of carboxylic acids is 1. The number of rotatable bonds is 6. The minimum Gasteiger partial charge on any atom is -0.481 e. The van der Waals surface area contributed by atoms with Gasteiger partial charge in [0.25, 0.3) is 0 Å². The summed E-state index contributed by atoms with van der Waals surface area (Å²) in [6.45, 7) is 8.62. The Morgan fingerprint density at radius 3 is 2.09 bits per heavy atom. The van der Waals surface area contributed by atoms with Crippen molar-refractivity contribution >= 4 is 29.5 Å². The van der Waals surface area contributed by atoms with E-state index >= 15 is 0 Å². The van der Waals surface area contributed by atoms with Crippen molar-refractivity contribution in [2.75, 3.05) is 0 Å². The average molecular weight is 332 g/mol. The lowest BCUT2D eigenvalue weighted by Crippen LogP contribution is -2.72. The molecule has 8 heteroatoms. The smallest absolute Gasteiger partial charge is 0.305 e. The van der Waals surface area contributed by atoms with E-state index in [4.69, 9.17) is 17.9 Å². The Kier molecular flexibility index (Phi) is 4.72. The van der Waals surface area contributed by atoms with E-state index in [1.165, 1.54) is 18.7 Å². The SMILES string of the molecule is [2H]C1(N(C(=O)[C@@H](N)CC(=O)O)[C@@H](C)C(N)=O)C(C)(C)SC1(C)C. The predicted molar refractivity (Wildman–Crippen MR) is 85.3 cm³/mol. The van der Waals surface area contributed by atoms with Crippen LogP contribution in [0.15, 0.2) is 0 Å². The second-order valence-corrected chi connectivity index (χ2v) is 8.71. The van der Waals surface area contributed by atoms with Gasteiger partial charge in [0.05, 0.1) is 19.9 Å². The van der Waals surface area contributed by atoms with Crippen LogP contribution in [0.3, 0.4) is 0 Å². The number of hydrogen-bond donors (Lipinski definition) is 3. The largest absolute Gasteiger partial charge is 0.481 e. The summed E-state index contributed by atoms with van der Waals surface area (Å²) in [7, 11) is 0. The minimum absolute atomic E-state index is 0.578. The molecule has 0 radical (unpaired) electrons. The van der Waals surface area contributed by atoms with Gasteiger partial charge in [-0.15, -0.1) is 11.8 Å². The number of aliphatic carboxylic acids is 1. The van der Waals surface area contributed by atoms with Crippen LogP contribution in [0.5, 0.6) is 0 Å². The Balaban J connectivity index is 3.34. The molecule has 7 nitrogen and oxygen atoms in total. The van der Waals surface area contributed by atoms with Gasteiger partial charge in [-0.2, -0.15) is 0 Å². The van der Waals surface area contributed by atoms with Gasteiger partial charge in [-0.3, -0.25) is 14.4 Å². The molecule has 0 aromatic carbocycles. The van der Waals surface area contributed by atoms with E-state index in [9.17, 15) is 14.4 Å². The van der Waals surface area contributed by atoms with Gasteiger partial charge in [-0.05, 0) is 34.6 Å². The predicted octanol–water partition coefficient (Wildman–Crippen LogP) is 0.163. The molecule has 0 unspecified atom stereocenters. The normalized spacial score (nSPS) is 24.4. The van der Waals surface area contributed by atoms with Crippen molar-refractivity contribution in [3.63, 3.8) is 0 Å². The Bertz CT molecular complexity index is 524. The third-order valence-electron chi connectivity index (χ3n) is 3.64. The van der Waals surface area contributed by atoms with Crippen LogP contribution in [0, 0.1) is 0 Å². The van der Waals surface area contributed by atoms with E-state index in [1.54, 1.807) is 27.7 Å². The van der Waals surface area contributed by atoms with Crippen molar-refractivity contribution in [2.24, 2.45) is 11.5 Å². The van der Waals surface area contributed by atoms with E-state index in [1.807, 2.05) is 0 Å². The number of nitrogens with zero attached hydrogens (tertiary/aromatic N) is 1. The van der Waals surface area contributed by atoms with Crippen molar-refractivity contribution in [2.45, 2.75) is 68.6 Å². The zero-order valence-electron chi connectivity index (χ0n) is 14.5. The van der Waals surface area contributed by atoms with Crippen LogP contribution < -0.4 is 11.5 Å². The first-order valence-corrected chi connectivity index (χ1v) is 7.80. The molecule has 22 heavy (non-hydrogen) atoms. The first-order chi connectivity index (χ1) is 10.2. The Morgan fingerprint density at radius 2 is 1.77 bits per heavy atom. The maximum atomic E-state index is 12.7. The molecule has 1 aliphatic heterocycles. The lowest BCUT2D eigenvalue weighted by Gasteiger charge is -2.61. The highest BCUT2D eigenvalue weighted by Gasteiger charge is 2.59. The lowest BCUT2D eigenvalue weighted by atomic mass is 9.86. The maximum absolute atomic E-state index is 12.7. The van der Waals surface area contributed by atoms with Crippen molar-refractivity contribution in [3.8, 4) is 0 Å². The fourth-order valence-electron chi connectivity index (χ4n) is 3.07. The number of primary amides is 1. The molecule has 1 fully saturated rings.